The van der Waals surface area contributed by atoms with E-state index in [-0.39, 0.29) is 5.56 Å². The Labute approximate surface area is 120 Å². The van der Waals surface area contributed by atoms with Gasteiger partial charge in [-0.15, -0.1) is 0 Å². The molecule has 0 spiro atoms. The highest BCUT2D eigenvalue weighted by atomic mass is 79.9. The van der Waals surface area contributed by atoms with Gasteiger partial charge in [-0.1, -0.05) is 50.1 Å². The molecule has 0 saturated carbocycles. The zero-order valence-corrected chi connectivity index (χ0v) is 12.2. The number of halogens is 4. The fourth-order valence-electron chi connectivity index (χ4n) is 1.62. The molecular formula is C13H8Br2F2O. The van der Waals surface area contributed by atoms with Crippen LogP contribution in [0.3, 0.4) is 0 Å². The summed E-state index contributed by atoms with van der Waals surface area (Å²) in [5.41, 5.74) is 0.390. The SMILES string of the molecule is OC(c1ccc(Br)cc1Br)c1cccc(F)c1F. The zero-order valence-electron chi connectivity index (χ0n) is 9.00. The highest BCUT2D eigenvalue weighted by Crippen LogP contribution is 2.32. The molecule has 0 saturated heterocycles. The van der Waals surface area contributed by atoms with Crippen LogP contribution in [0.15, 0.2) is 45.3 Å². The first kappa shape index (κ1) is 13.6. The molecule has 0 aliphatic carbocycles. The van der Waals surface area contributed by atoms with Gasteiger partial charge in [0.05, 0.1) is 0 Å². The fraction of sp³-hybridized carbons (Fsp3) is 0.0769. The third kappa shape index (κ3) is 2.63. The molecule has 94 valence electrons. The van der Waals surface area contributed by atoms with E-state index in [1.807, 2.05) is 0 Å². The van der Waals surface area contributed by atoms with E-state index in [9.17, 15) is 13.9 Å². The summed E-state index contributed by atoms with van der Waals surface area (Å²) in [5, 5.41) is 10.1. The molecule has 0 bridgehead atoms. The summed E-state index contributed by atoms with van der Waals surface area (Å²) in [7, 11) is 0. The van der Waals surface area contributed by atoms with Crippen molar-refractivity contribution in [1.82, 2.24) is 0 Å². The Morgan fingerprint density at radius 3 is 2.39 bits per heavy atom. The summed E-state index contributed by atoms with van der Waals surface area (Å²) in [6.45, 7) is 0. The molecule has 0 amide bonds. The molecule has 2 aromatic carbocycles. The van der Waals surface area contributed by atoms with Crippen molar-refractivity contribution in [3.8, 4) is 0 Å². The number of aliphatic hydroxyl groups excluding tert-OH is 1. The van der Waals surface area contributed by atoms with Crippen molar-refractivity contribution >= 4 is 31.9 Å². The van der Waals surface area contributed by atoms with E-state index in [1.54, 1.807) is 18.2 Å². The lowest BCUT2D eigenvalue weighted by atomic mass is 10.0. The Balaban J connectivity index is 2.48. The van der Waals surface area contributed by atoms with Crippen LogP contribution in [-0.2, 0) is 0 Å². The summed E-state index contributed by atoms with van der Waals surface area (Å²) in [6, 6.07) is 8.84. The molecule has 0 aromatic heterocycles. The van der Waals surface area contributed by atoms with Crippen LogP contribution in [0.1, 0.15) is 17.2 Å². The molecule has 0 aliphatic heterocycles. The molecule has 1 unspecified atom stereocenters. The maximum atomic E-state index is 13.6. The number of hydrogen-bond acceptors (Lipinski definition) is 1. The van der Waals surface area contributed by atoms with Crippen LogP contribution >= 0.6 is 31.9 Å². The number of aliphatic hydroxyl groups is 1. The van der Waals surface area contributed by atoms with Crippen molar-refractivity contribution in [2.45, 2.75) is 6.10 Å². The summed E-state index contributed by atoms with van der Waals surface area (Å²) in [4.78, 5) is 0. The van der Waals surface area contributed by atoms with E-state index in [2.05, 4.69) is 31.9 Å². The highest BCUT2D eigenvalue weighted by molar-refractivity contribution is 9.11. The molecule has 1 N–H and O–H groups in total. The molecule has 2 aromatic rings. The van der Waals surface area contributed by atoms with E-state index >= 15 is 0 Å². The topological polar surface area (TPSA) is 20.2 Å². The third-order valence-corrected chi connectivity index (χ3v) is 3.71. The molecule has 1 nitrogen and oxygen atoms in total. The average molecular weight is 378 g/mol. The normalized spacial score (nSPS) is 12.5. The van der Waals surface area contributed by atoms with Crippen LogP contribution in [-0.4, -0.2) is 5.11 Å². The molecule has 18 heavy (non-hydrogen) atoms. The molecule has 0 radical (unpaired) electrons. The van der Waals surface area contributed by atoms with Crippen LogP contribution in [0.4, 0.5) is 8.78 Å². The van der Waals surface area contributed by atoms with E-state index < -0.39 is 17.7 Å². The summed E-state index contributed by atoms with van der Waals surface area (Å²) >= 11 is 6.56. The van der Waals surface area contributed by atoms with Crippen molar-refractivity contribution in [2.24, 2.45) is 0 Å². The van der Waals surface area contributed by atoms with Gasteiger partial charge in [-0.2, -0.15) is 0 Å². The van der Waals surface area contributed by atoms with Gasteiger partial charge >= 0.3 is 0 Å². The number of rotatable bonds is 2. The Bertz CT molecular complexity index is 587. The van der Waals surface area contributed by atoms with Gasteiger partial charge in [0.1, 0.15) is 6.10 Å². The van der Waals surface area contributed by atoms with Crippen molar-refractivity contribution in [1.29, 1.82) is 0 Å². The summed E-state index contributed by atoms with van der Waals surface area (Å²) in [5.74, 6) is -2.00. The first-order valence-corrected chi connectivity index (χ1v) is 6.66. The van der Waals surface area contributed by atoms with Crippen LogP contribution in [0.5, 0.6) is 0 Å². The first-order chi connectivity index (χ1) is 8.50. The molecule has 0 aliphatic rings. The highest BCUT2D eigenvalue weighted by Gasteiger charge is 2.19. The van der Waals surface area contributed by atoms with Gasteiger partial charge in [0.2, 0.25) is 0 Å². The largest absolute Gasteiger partial charge is 0.384 e. The summed E-state index contributed by atoms with van der Waals surface area (Å²) in [6.07, 6.45) is -1.22. The summed E-state index contributed by atoms with van der Waals surface area (Å²) < 4.78 is 28.1. The minimum atomic E-state index is -1.22. The minimum absolute atomic E-state index is 0.0852. The second-order valence-corrected chi connectivity index (χ2v) is 5.48. The van der Waals surface area contributed by atoms with Gasteiger partial charge in [0.15, 0.2) is 11.6 Å². The average Bonchev–Trinajstić information content (AvgIpc) is 2.32. The van der Waals surface area contributed by atoms with E-state index in [1.165, 1.54) is 12.1 Å². The second-order valence-electron chi connectivity index (χ2n) is 3.71. The predicted molar refractivity (Wildman–Crippen MR) is 72.3 cm³/mol. The van der Waals surface area contributed by atoms with Crippen molar-refractivity contribution in [3.05, 3.63) is 68.1 Å². The standard InChI is InChI=1S/C13H8Br2F2O/c14-7-4-5-8(10(15)6-7)13(18)9-2-1-3-11(16)12(9)17/h1-6,13,18H. The van der Waals surface area contributed by atoms with Gasteiger partial charge in [-0.3, -0.25) is 0 Å². The minimum Gasteiger partial charge on any atom is -0.384 e. The van der Waals surface area contributed by atoms with Gasteiger partial charge in [0, 0.05) is 14.5 Å². The van der Waals surface area contributed by atoms with Crippen molar-refractivity contribution < 1.29 is 13.9 Å². The lowest BCUT2D eigenvalue weighted by molar-refractivity contribution is 0.212. The smallest absolute Gasteiger partial charge is 0.164 e. The van der Waals surface area contributed by atoms with Gasteiger partial charge in [-0.05, 0) is 23.8 Å². The zero-order chi connectivity index (χ0) is 13.3. The van der Waals surface area contributed by atoms with Crippen LogP contribution < -0.4 is 0 Å². The predicted octanol–water partition coefficient (Wildman–Crippen LogP) is 4.57. The Hall–Kier alpha value is -0.780. The fourth-order valence-corrected chi connectivity index (χ4v) is 2.89. The van der Waals surface area contributed by atoms with Crippen molar-refractivity contribution in [2.75, 3.05) is 0 Å². The first-order valence-electron chi connectivity index (χ1n) is 5.07. The monoisotopic (exact) mass is 376 g/mol. The van der Waals surface area contributed by atoms with Crippen LogP contribution in [0, 0.1) is 11.6 Å². The van der Waals surface area contributed by atoms with E-state index in [0.29, 0.717) is 10.0 Å². The van der Waals surface area contributed by atoms with Crippen molar-refractivity contribution in [3.63, 3.8) is 0 Å². The molecule has 5 heteroatoms. The van der Waals surface area contributed by atoms with E-state index in [0.717, 1.165) is 10.5 Å². The molecule has 1 atom stereocenters. The van der Waals surface area contributed by atoms with E-state index in [4.69, 9.17) is 0 Å². The van der Waals surface area contributed by atoms with Gasteiger partial charge < -0.3 is 5.11 Å². The Kier molecular flexibility index (Phi) is 4.14. The lowest BCUT2D eigenvalue weighted by Gasteiger charge is -2.14. The third-order valence-electron chi connectivity index (χ3n) is 2.53. The quantitative estimate of drug-likeness (QED) is 0.812. The van der Waals surface area contributed by atoms with Gasteiger partial charge in [-0.25, -0.2) is 8.78 Å². The maximum absolute atomic E-state index is 13.6. The van der Waals surface area contributed by atoms with Crippen LogP contribution in [0.25, 0.3) is 0 Å². The molecule has 0 fully saturated rings. The lowest BCUT2D eigenvalue weighted by Crippen LogP contribution is -2.05. The van der Waals surface area contributed by atoms with Crippen LogP contribution in [0.2, 0.25) is 0 Å². The Morgan fingerprint density at radius 1 is 1.00 bits per heavy atom. The maximum Gasteiger partial charge on any atom is 0.164 e. The number of benzene rings is 2. The second kappa shape index (κ2) is 5.47. The molecule has 2 rings (SSSR count). The molecule has 0 heterocycles. The molecular weight excluding hydrogens is 370 g/mol. The van der Waals surface area contributed by atoms with Gasteiger partial charge in [0.25, 0.3) is 0 Å². The Morgan fingerprint density at radius 2 is 1.72 bits per heavy atom. The number of hydrogen-bond donors (Lipinski definition) is 1.